The van der Waals surface area contributed by atoms with Gasteiger partial charge in [-0.3, -0.25) is 0 Å². The van der Waals surface area contributed by atoms with Gasteiger partial charge in [0.25, 0.3) is 0 Å². The summed E-state index contributed by atoms with van der Waals surface area (Å²) in [7, 11) is 1.72. The summed E-state index contributed by atoms with van der Waals surface area (Å²) < 4.78 is 93.1. The van der Waals surface area contributed by atoms with Gasteiger partial charge in [-0.05, 0) is 47.5 Å². The topological polar surface area (TPSA) is 29.9 Å². The molecule has 1 aliphatic carbocycles. The maximum absolute atomic E-state index is 8.74. The molecule has 3 heterocycles. The molecule has 0 N–H and O–H groups in total. The van der Waals surface area contributed by atoms with Crippen LogP contribution in [0, 0.1) is 13.8 Å². The van der Waals surface area contributed by atoms with E-state index in [9.17, 15) is 0 Å². The van der Waals surface area contributed by atoms with Crippen molar-refractivity contribution in [3.8, 4) is 22.4 Å². The highest BCUT2D eigenvalue weighted by molar-refractivity contribution is 6.13. The molecular weight excluding hydrogens is 416 g/mol. The van der Waals surface area contributed by atoms with Crippen molar-refractivity contribution in [2.24, 2.45) is 7.05 Å². The smallest absolute Gasteiger partial charge is 0.227 e. The molecule has 0 fully saturated rings. The molecule has 5 aromatic rings. The third-order valence-corrected chi connectivity index (χ3v) is 6.94. The van der Waals surface area contributed by atoms with E-state index in [1.807, 2.05) is 13.0 Å². The Balaban J connectivity index is 1.77. The van der Waals surface area contributed by atoms with Crippen LogP contribution in [0.1, 0.15) is 75.0 Å². The Labute approximate surface area is 215 Å². The van der Waals surface area contributed by atoms with Crippen LogP contribution >= 0.6 is 0 Å². The summed E-state index contributed by atoms with van der Waals surface area (Å²) in [4.78, 5) is 4.56. The predicted molar refractivity (Wildman–Crippen MR) is 139 cm³/mol. The van der Waals surface area contributed by atoms with Gasteiger partial charge in [0.1, 0.15) is 7.05 Å². The van der Waals surface area contributed by atoms with Crippen molar-refractivity contribution in [2.75, 3.05) is 0 Å². The lowest BCUT2D eigenvalue weighted by Crippen LogP contribution is -2.32. The third-order valence-electron chi connectivity index (χ3n) is 6.94. The average molecular weight is 458 g/mol. The highest BCUT2D eigenvalue weighted by Crippen LogP contribution is 2.52. The Kier molecular flexibility index (Phi) is 2.65. The van der Waals surface area contributed by atoms with E-state index >= 15 is 0 Å². The molecule has 1 aliphatic rings. The van der Waals surface area contributed by atoms with Crippen molar-refractivity contribution in [1.29, 1.82) is 0 Å². The van der Waals surface area contributed by atoms with Crippen molar-refractivity contribution >= 4 is 22.1 Å². The van der Waals surface area contributed by atoms with Crippen molar-refractivity contribution in [3.05, 3.63) is 82.7 Å². The SMILES string of the molecule is [2H]C([2H])([2H])c1c[n+](C)c(-c2c(C)ccc3c2oc2ncc4c(c23)C(C([2H])([2H])[2H])(C([2H])([2H])[2H])c2ccccc2-4)cc1C([2H])(C)C. The number of nitrogens with zero attached hydrogens (tertiary/aromatic N) is 2. The molecule has 2 aromatic carbocycles. The van der Waals surface area contributed by atoms with Crippen molar-refractivity contribution < 1.29 is 22.7 Å². The van der Waals surface area contributed by atoms with E-state index < -0.39 is 31.9 Å². The molecule has 0 aliphatic heterocycles. The second kappa shape index (κ2) is 7.02. The average Bonchev–Trinajstić information content (AvgIpc) is 3.41. The van der Waals surface area contributed by atoms with Gasteiger partial charge >= 0.3 is 0 Å². The van der Waals surface area contributed by atoms with Gasteiger partial charge in [0, 0.05) is 47.9 Å². The molecule has 0 bridgehead atoms. The lowest BCUT2D eigenvalue weighted by Gasteiger charge is -2.22. The third kappa shape index (κ3) is 2.70. The van der Waals surface area contributed by atoms with Gasteiger partial charge in [-0.15, -0.1) is 0 Å². The number of rotatable bonds is 2. The summed E-state index contributed by atoms with van der Waals surface area (Å²) >= 11 is 0. The van der Waals surface area contributed by atoms with E-state index in [4.69, 9.17) is 18.1 Å². The number of aryl methyl sites for hydroxylation is 3. The van der Waals surface area contributed by atoms with Crippen LogP contribution in [-0.2, 0) is 12.5 Å². The van der Waals surface area contributed by atoms with E-state index in [-0.39, 0.29) is 22.4 Å². The number of hydrogen-bond donors (Lipinski definition) is 0. The second-order valence-corrected chi connectivity index (χ2v) is 9.36. The fraction of sp³-hybridized carbons (Fsp3) is 0.290. The van der Waals surface area contributed by atoms with E-state index in [1.54, 1.807) is 61.9 Å². The van der Waals surface area contributed by atoms with Gasteiger partial charge in [0.2, 0.25) is 11.4 Å². The van der Waals surface area contributed by atoms with Gasteiger partial charge in [-0.25, -0.2) is 9.55 Å². The molecular formula is C31H31N2O+. The van der Waals surface area contributed by atoms with Crippen LogP contribution in [0.25, 0.3) is 44.5 Å². The van der Waals surface area contributed by atoms with Crippen molar-refractivity contribution in [2.45, 2.75) is 52.6 Å². The van der Waals surface area contributed by atoms with Crippen LogP contribution in [0.5, 0.6) is 0 Å². The van der Waals surface area contributed by atoms with Gasteiger partial charge in [-0.2, -0.15) is 0 Å². The van der Waals surface area contributed by atoms with Crippen LogP contribution in [-0.4, -0.2) is 4.98 Å². The summed E-state index contributed by atoms with van der Waals surface area (Å²) in [5, 5.41) is 0.798. The summed E-state index contributed by atoms with van der Waals surface area (Å²) in [6.07, 6.45) is 2.99. The van der Waals surface area contributed by atoms with Gasteiger partial charge < -0.3 is 4.42 Å². The molecule has 0 atom stereocenters. The maximum atomic E-state index is 8.74. The Morgan fingerprint density at radius 3 is 2.68 bits per heavy atom. The molecule has 0 amide bonds. The van der Waals surface area contributed by atoms with Crippen LogP contribution < -0.4 is 4.57 Å². The Morgan fingerprint density at radius 2 is 1.91 bits per heavy atom. The van der Waals surface area contributed by atoms with E-state index in [0.717, 1.165) is 5.56 Å². The lowest BCUT2D eigenvalue weighted by atomic mass is 9.81. The molecule has 3 aromatic heterocycles. The second-order valence-electron chi connectivity index (χ2n) is 9.36. The van der Waals surface area contributed by atoms with E-state index in [0.29, 0.717) is 44.3 Å². The highest BCUT2D eigenvalue weighted by atomic mass is 16.3. The quantitative estimate of drug-likeness (QED) is 0.257. The zero-order valence-electron chi connectivity index (χ0n) is 29.5. The molecule has 0 saturated heterocycles. The van der Waals surface area contributed by atoms with Crippen LogP contribution in [0.2, 0.25) is 0 Å². The molecule has 6 rings (SSSR count). The minimum Gasteiger partial charge on any atom is -0.437 e. The predicted octanol–water partition coefficient (Wildman–Crippen LogP) is 7.52. The van der Waals surface area contributed by atoms with Gasteiger partial charge in [-0.1, -0.05) is 63.9 Å². The summed E-state index contributed by atoms with van der Waals surface area (Å²) in [6.45, 7) is -3.24. The molecule has 0 radical (unpaired) electrons. The van der Waals surface area contributed by atoms with Crippen LogP contribution in [0.15, 0.2) is 59.3 Å². The molecule has 0 unspecified atom stereocenters. The molecule has 3 heteroatoms. The summed E-state index contributed by atoms with van der Waals surface area (Å²) in [6, 6.07) is 12.0. The number of benzene rings is 2. The molecule has 170 valence electrons. The first-order valence-corrected chi connectivity index (χ1v) is 11.2. The summed E-state index contributed by atoms with van der Waals surface area (Å²) in [5.41, 5.74) is 1.71. The first-order chi connectivity index (χ1) is 20.2. The molecule has 0 spiro atoms. The monoisotopic (exact) mass is 457 g/mol. The van der Waals surface area contributed by atoms with Gasteiger partial charge in [0.15, 0.2) is 11.8 Å². The Hall–Kier alpha value is -3.46. The van der Waals surface area contributed by atoms with E-state index in [2.05, 4.69) is 4.98 Å². The minimum absolute atomic E-state index is 0.0653. The van der Waals surface area contributed by atoms with Crippen molar-refractivity contribution in [1.82, 2.24) is 4.98 Å². The van der Waals surface area contributed by atoms with Gasteiger partial charge in [0.05, 0.1) is 10.9 Å². The number of fused-ring (bicyclic) bond motifs is 7. The Bertz CT molecular complexity index is 1980. The first kappa shape index (κ1) is 12.9. The lowest BCUT2D eigenvalue weighted by molar-refractivity contribution is -0.660. The first-order valence-electron chi connectivity index (χ1n) is 16.2. The van der Waals surface area contributed by atoms with Crippen LogP contribution in [0.4, 0.5) is 0 Å². The minimum atomic E-state index is -2.96. The van der Waals surface area contributed by atoms with E-state index in [1.165, 1.54) is 12.4 Å². The fourth-order valence-electron chi connectivity index (χ4n) is 5.30. The molecule has 0 saturated carbocycles. The normalized spacial score (nSPS) is 20.0. The number of hydrogen-bond acceptors (Lipinski definition) is 2. The largest absolute Gasteiger partial charge is 0.437 e. The zero-order chi connectivity index (χ0) is 32.4. The summed E-state index contributed by atoms with van der Waals surface area (Å²) in [5.74, 6) is -1.24. The number of aromatic nitrogens is 2. The maximum Gasteiger partial charge on any atom is 0.227 e. The molecule has 3 nitrogen and oxygen atoms in total. The van der Waals surface area contributed by atoms with Crippen LogP contribution in [0.3, 0.4) is 0 Å². The number of pyridine rings is 2. The standard InChI is InChI=1S/C31H31N2O/c1-17(2)22-14-25(33(7)16-19(22)4)26-18(3)12-13-21-27-28-23(15-32-30(27)34-29(21)26)20-10-8-9-11-24(20)31(28,5)6/h8-17H,1-7H3/q+1/i4D3,5D3,6D3,17D. The highest BCUT2D eigenvalue weighted by Gasteiger charge is 2.38. The molecule has 34 heavy (non-hydrogen) atoms. The fourth-order valence-corrected chi connectivity index (χ4v) is 5.30. The number of furan rings is 1. The Morgan fingerprint density at radius 1 is 1.09 bits per heavy atom. The zero-order valence-corrected chi connectivity index (χ0v) is 19.5. The van der Waals surface area contributed by atoms with Crippen molar-refractivity contribution in [3.63, 3.8) is 0 Å².